The van der Waals surface area contributed by atoms with E-state index < -0.39 is 0 Å². The summed E-state index contributed by atoms with van der Waals surface area (Å²) < 4.78 is 0. The highest BCUT2D eigenvalue weighted by atomic mass is 16.2. The zero-order valence-corrected chi connectivity index (χ0v) is 15.5. The molecule has 0 spiro atoms. The Hall–Kier alpha value is -2.66. The van der Waals surface area contributed by atoms with Crippen molar-refractivity contribution in [3.63, 3.8) is 0 Å². The Morgan fingerprint density at radius 2 is 1.67 bits per heavy atom. The minimum Gasteiger partial charge on any atom is -0.352 e. The van der Waals surface area contributed by atoms with Crippen molar-refractivity contribution in [2.45, 2.75) is 18.8 Å². The lowest BCUT2D eigenvalue weighted by molar-refractivity contribution is -0.130. The van der Waals surface area contributed by atoms with Crippen molar-refractivity contribution in [2.24, 2.45) is 11.7 Å². The summed E-state index contributed by atoms with van der Waals surface area (Å²) in [6.07, 6.45) is 1.07. The molecule has 2 aromatic carbocycles. The van der Waals surface area contributed by atoms with Gasteiger partial charge in [0.25, 0.3) is 5.91 Å². The first kappa shape index (κ1) is 19.1. The van der Waals surface area contributed by atoms with Gasteiger partial charge in [0.15, 0.2) is 0 Å². The molecule has 2 atom stereocenters. The predicted octanol–water partition coefficient (Wildman–Crippen LogP) is 2.40. The third kappa shape index (κ3) is 4.95. The summed E-state index contributed by atoms with van der Waals surface area (Å²) >= 11 is 0. The standard InChI is InChI=1S/C22H27N3O2/c23-14-19-15-25(16-20(19)17-8-3-1-4-9-17)21(26)12-7-13-24-22(27)18-10-5-2-6-11-18/h1-6,8-11,19-20H,7,12-16,23H2,(H,24,27)/t19-,20+/m1/s1. The molecular weight excluding hydrogens is 338 g/mol. The van der Waals surface area contributed by atoms with Crippen molar-refractivity contribution >= 4 is 11.8 Å². The van der Waals surface area contributed by atoms with Crippen molar-refractivity contribution < 1.29 is 9.59 Å². The average molecular weight is 365 g/mol. The smallest absolute Gasteiger partial charge is 0.251 e. The van der Waals surface area contributed by atoms with E-state index in [0.717, 1.165) is 6.54 Å². The van der Waals surface area contributed by atoms with Gasteiger partial charge in [-0.15, -0.1) is 0 Å². The Morgan fingerprint density at radius 1 is 1.00 bits per heavy atom. The van der Waals surface area contributed by atoms with Crippen LogP contribution in [0.25, 0.3) is 0 Å². The largest absolute Gasteiger partial charge is 0.352 e. The molecule has 2 amide bonds. The number of hydrogen-bond donors (Lipinski definition) is 2. The molecule has 2 aromatic rings. The minimum atomic E-state index is -0.100. The Morgan fingerprint density at radius 3 is 2.33 bits per heavy atom. The molecule has 0 aliphatic carbocycles. The lowest BCUT2D eigenvalue weighted by Gasteiger charge is -2.17. The molecule has 1 aliphatic rings. The molecule has 1 fully saturated rings. The number of carbonyl (C=O) groups excluding carboxylic acids is 2. The van der Waals surface area contributed by atoms with Gasteiger partial charge in [-0.3, -0.25) is 9.59 Å². The van der Waals surface area contributed by atoms with Crippen molar-refractivity contribution in [2.75, 3.05) is 26.2 Å². The van der Waals surface area contributed by atoms with E-state index >= 15 is 0 Å². The molecule has 3 rings (SSSR count). The molecule has 0 saturated carbocycles. The molecule has 0 bridgehead atoms. The number of nitrogens with zero attached hydrogens (tertiary/aromatic N) is 1. The summed E-state index contributed by atoms with van der Waals surface area (Å²) in [6.45, 7) is 2.51. The molecule has 27 heavy (non-hydrogen) atoms. The Balaban J connectivity index is 1.45. The van der Waals surface area contributed by atoms with Gasteiger partial charge in [0.1, 0.15) is 0 Å². The molecule has 3 N–H and O–H groups in total. The summed E-state index contributed by atoms with van der Waals surface area (Å²) in [5, 5.41) is 2.87. The maximum absolute atomic E-state index is 12.6. The highest BCUT2D eigenvalue weighted by Gasteiger charge is 2.34. The molecular formula is C22H27N3O2. The van der Waals surface area contributed by atoms with E-state index in [1.165, 1.54) is 5.56 Å². The maximum Gasteiger partial charge on any atom is 0.251 e. The SMILES string of the molecule is NC[C@@H]1CN(C(=O)CCCNC(=O)c2ccccc2)C[C@H]1c1ccccc1. The van der Waals surface area contributed by atoms with E-state index in [-0.39, 0.29) is 11.8 Å². The number of carbonyl (C=O) groups is 2. The Kier molecular flexibility index (Phi) is 6.60. The van der Waals surface area contributed by atoms with Gasteiger partial charge in [-0.1, -0.05) is 48.5 Å². The zero-order valence-electron chi connectivity index (χ0n) is 15.5. The number of nitrogens with two attached hydrogens (primary N) is 1. The van der Waals surface area contributed by atoms with Crippen LogP contribution >= 0.6 is 0 Å². The van der Waals surface area contributed by atoms with E-state index in [9.17, 15) is 9.59 Å². The molecule has 1 saturated heterocycles. The molecule has 5 nitrogen and oxygen atoms in total. The number of hydrogen-bond acceptors (Lipinski definition) is 3. The summed E-state index contributed by atoms with van der Waals surface area (Å²) in [5.41, 5.74) is 7.84. The second kappa shape index (κ2) is 9.33. The fourth-order valence-electron chi connectivity index (χ4n) is 3.68. The van der Waals surface area contributed by atoms with Gasteiger partial charge in [0.05, 0.1) is 0 Å². The monoisotopic (exact) mass is 365 g/mol. The second-order valence-corrected chi connectivity index (χ2v) is 7.04. The lowest BCUT2D eigenvalue weighted by atomic mass is 9.89. The fraction of sp³-hybridized carbons (Fsp3) is 0.364. The maximum atomic E-state index is 12.6. The third-order valence-electron chi connectivity index (χ3n) is 5.21. The molecule has 142 valence electrons. The molecule has 5 heteroatoms. The van der Waals surface area contributed by atoms with Crippen LogP contribution in [0.2, 0.25) is 0 Å². The van der Waals surface area contributed by atoms with Crippen LogP contribution in [0, 0.1) is 5.92 Å². The van der Waals surface area contributed by atoms with Crippen molar-refractivity contribution in [1.29, 1.82) is 0 Å². The number of likely N-dealkylation sites (tertiary alicyclic amines) is 1. The first-order chi connectivity index (χ1) is 13.2. The van der Waals surface area contributed by atoms with Crippen LogP contribution < -0.4 is 11.1 Å². The highest BCUT2D eigenvalue weighted by molar-refractivity contribution is 5.94. The summed E-state index contributed by atoms with van der Waals surface area (Å²) in [7, 11) is 0. The van der Waals surface area contributed by atoms with Crippen molar-refractivity contribution in [3.05, 3.63) is 71.8 Å². The van der Waals surface area contributed by atoms with Crippen LogP contribution in [0.15, 0.2) is 60.7 Å². The normalized spacial score (nSPS) is 19.1. The van der Waals surface area contributed by atoms with Gasteiger partial charge in [-0.2, -0.15) is 0 Å². The average Bonchev–Trinajstić information content (AvgIpc) is 3.17. The van der Waals surface area contributed by atoms with Crippen LogP contribution in [-0.2, 0) is 4.79 Å². The first-order valence-corrected chi connectivity index (χ1v) is 9.55. The number of benzene rings is 2. The van der Waals surface area contributed by atoms with Crippen LogP contribution in [0.5, 0.6) is 0 Å². The van der Waals surface area contributed by atoms with Gasteiger partial charge in [-0.05, 0) is 36.6 Å². The quantitative estimate of drug-likeness (QED) is 0.740. The topological polar surface area (TPSA) is 75.4 Å². The van der Waals surface area contributed by atoms with E-state index in [0.29, 0.717) is 49.9 Å². The van der Waals surface area contributed by atoms with Crippen molar-refractivity contribution in [1.82, 2.24) is 10.2 Å². The van der Waals surface area contributed by atoms with Crippen molar-refractivity contribution in [3.8, 4) is 0 Å². The van der Waals surface area contributed by atoms with Gasteiger partial charge in [0.2, 0.25) is 5.91 Å². The summed E-state index contributed by atoms with van der Waals surface area (Å²) in [5.74, 6) is 0.643. The van der Waals surface area contributed by atoms with E-state index in [2.05, 4.69) is 17.4 Å². The molecule has 0 unspecified atom stereocenters. The highest BCUT2D eigenvalue weighted by Crippen LogP contribution is 2.32. The first-order valence-electron chi connectivity index (χ1n) is 9.55. The van der Waals surface area contributed by atoms with Crippen LogP contribution in [0.4, 0.5) is 0 Å². The van der Waals surface area contributed by atoms with Gasteiger partial charge >= 0.3 is 0 Å². The lowest BCUT2D eigenvalue weighted by Crippen LogP contribution is -2.31. The van der Waals surface area contributed by atoms with E-state index in [1.54, 1.807) is 12.1 Å². The van der Waals surface area contributed by atoms with Gasteiger partial charge < -0.3 is 16.0 Å². The molecule has 0 radical (unpaired) electrons. The number of rotatable bonds is 7. The van der Waals surface area contributed by atoms with E-state index in [1.807, 2.05) is 41.3 Å². The van der Waals surface area contributed by atoms with Crippen LogP contribution in [0.1, 0.15) is 34.7 Å². The molecule has 1 aliphatic heterocycles. The fourth-order valence-corrected chi connectivity index (χ4v) is 3.68. The zero-order chi connectivity index (χ0) is 19.1. The van der Waals surface area contributed by atoms with Gasteiger partial charge in [-0.25, -0.2) is 0 Å². The minimum absolute atomic E-state index is 0.100. The number of nitrogens with one attached hydrogen (secondary N) is 1. The summed E-state index contributed by atoms with van der Waals surface area (Å²) in [6, 6.07) is 19.4. The van der Waals surface area contributed by atoms with E-state index in [4.69, 9.17) is 5.73 Å². The van der Waals surface area contributed by atoms with Crippen LogP contribution in [0.3, 0.4) is 0 Å². The third-order valence-corrected chi connectivity index (χ3v) is 5.21. The molecule has 1 heterocycles. The Labute approximate surface area is 160 Å². The number of amides is 2. The Bertz CT molecular complexity index is 749. The molecule has 0 aromatic heterocycles. The predicted molar refractivity (Wildman–Crippen MR) is 106 cm³/mol. The summed E-state index contributed by atoms with van der Waals surface area (Å²) in [4.78, 5) is 26.5. The van der Waals surface area contributed by atoms with Crippen LogP contribution in [-0.4, -0.2) is 42.9 Å². The van der Waals surface area contributed by atoms with Gasteiger partial charge in [0, 0.05) is 37.5 Å². The second-order valence-electron chi connectivity index (χ2n) is 7.04.